The number of nitrogens with one attached hydrogen (secondary N) is 2. The van der Waals surface area contributed by atoms with Crippen LogP contribution >= 0.6 is 11.8 Å². The van der Waals surface area contributed by atoms with Crippen LogP contribution in [0.3, 0.4) is 0 Å². The molecule has 1 heterocycles. The molecule has 1 saturated heterocycles. The highest BCUT2D eigenvalue weighted by molar-refractivity contribution is 7.98. The zero-order valence-corrected chi connectivity index (χ0v) is 13.9. The van der Waals surface area contributed by atoms with Crippen molar-refractivity contribution in [3.05, 3.63) is 0 Å². The molecular weight excluding hydrogens is 302 g/mol. The molecule has 7 heteroatoms. The monoisotopic (exact) mass is 327 g/mol. The van der Waals surface area contributed by atoms with E-state index in [0.717, 1.165) is 36.3 Å². The van der Waals surface area contributed by atoms with Crippen LogP contribution in [0.4, 0.5) is 4.79 Å². The lowest BCUT2D eigenvalue weighted by molar-refractivity contribution is -0.132. The molecule has 0 bridgehead atoms. The Labute approximate surface area is 135 Å². The first kappa shape index (κ1) is 17.1. The van der Waals surface area contributed by atoms with Gasteiger partial charge < -0.3 is 10.6 Å². The Hall–Kier alpha value is -1.24. The zero-order chi connectivity index (χ0) is 15.9. The molecule has 0 unspecified atom stereocenters. The Bertz CT molecular complexity index is 422. The van der Waals surface area contributed by atoms with Crippen LogP contribution in [0, 0.1) is 0 Å². The molecule has 1 saturated carbocycles. The molecule has 0 radical (unpaired) electrons. The minimum Gasteiger partial charge on any atom is -0.352 e. The zero-order valence-electron chi connectivity index (χ0n) is 13.1. The van der Waals surface area contributed by atoms with E-state index < -0.39 is 12.1 Å². The number of carbonyl (C=O) groups is 3. The summed E-state index contributed by atoms with van der Waals surface area (Å²) in [5, 5.41) is 5.62. The Morgan fingerprint density at radius 3 is 2.59 bits per heavy atom. The van der Waals surface area contributed by atoms with E-state index in [2.05, 4.69) is 10.6 Å². The van der Waals surface area contributed by atoms with Crippen LogP contribution in [-0.2, 0) is 9.59 Å². The molecule has 1 aliphatic heterocycles. The van der Waals surface area contributed by atoms with E-state index in [0.29, 0.717) is 6.42 Å². The fraction of sp³-hybridized carbons (Fsp3) is 0.800. The minimum absolute atomic E-state index is 0.170. The van der Waals surface area contributed by atoms with Gasteiger partial charge in [-0.1, -0.05) is 25.7 Å². The maximum Gasteiger partial charge on any atom is 0.325 e. The number of carbonyl (C=O) groups excluding carboxylic acids is 3. The lowest BCUT2D eigenvalue weighted by Crippen LogP contribution is -2.44. The summed E-state index contributed by atoms with van der Waals surface area (Å²) in [5.41, 5.74) is 0. The normalized spacial score (nSPS) is 23.3. The first-order chi connectivity index (χ1) is 10.6. The van der Waals surface area contributed by atoms with E-state index in [1.54, 1.807) is 11.8 Å². The van der Waals surface area contributed by atoms with E-state index in [4.69, 9.17) is 0 Å². The van der Waals surface area contributed by atoms with Gasteiger partial charge in [0.2, 0.25) is 5.91 Å². The van der Waals surface area contributed by atoms with Crippen LogP contribution < -0.4 is 10.6 Å². The van der Waals surface area contributed by atoms with Crippen LogP contribution in [0.15, 0.2) is 0 Å². The van der Waals surface area contributed by atoms with Crippen molar-refractivity contribution in [2.45, 2.75) is 57.0 Å². The molecule has 22 heavy (non-hydrogen) atoms. The van der Waals surface area contributed by atoms with Crippen LogP contribution in [0.2, 0.25) is 0 Å². The predicted octanol–water partition coefficient (Wildman–Crippen LogP) is 1.50. The number of urea groups is 1. The van der Waals surface area contributed by atoms with Gasteiger partial charge in [-0.3, -0.25) is 14.5 Å². The van der Waals surface area contributed by atoms with Crippen LogP contribution in [-0.4, -0.2) is 53.4 Å². The van der Waals surface area contributed by atoms with Crippen molar-refractivity contribution in [1.29, 1.82) is 0 Å². The van der Waals surface area contributed by atoms with Gasteiger partial charge in [0.05, 0.1) is 0 Å². The van der Waals surface area contributed by atoms with Crippen molar-refractivity contribution in [2.24, 2.45) is 0 Å². The highest BCUT2D eigenvalue weighted by Gasteiger charge is 2.38. The molecule has 0 aromatic heterocycles. The van der Waals surface area contributed by atoms with Gasteiger partial charge in [-0.25, -0.2) is 4.79 Å². The van der Waals surface area contributed by atoms with Crippen molar-refractivity contribution < 1.29 is 14.4 Å². The molecule has 1 atom stereocenters. The second kappa shape index (κ2) is 8.41. The summed E-state index contributed by atoms with van der Waals surface area (Å²) in [5.74, 6) is 0.287. The number of thioether (sulfide) groups is 1. The first-order valence-corrected chi connectivity index (χ1v) is 9.41. The Balaban J connectivity index is 1.82. The molecule has 2 fully saturated rings. The van der Waals surface area contributed by atoms with E-state index >= 15 is 0 Å². The van der Waals surface area contributed by atoms with E-state index in [1.807, 2.05) is 6.26 Å². The third-order valence-corrected chi connectivity index (χ3v) is 4.88. The first-order valence-electron chi connectivity index (χ1n) is 8.02. The van der Waals surface area contributed by atoms with Gasteiger partial charge in [-0.05, 0) is 31.3 Å². The van der Waals surface area contributed by atoms with Crippen molar-refractivity contribution in [1.82, 2.24) is 15.5 Å². The van der Waals surface area contributed by atoms with Gasteiger partial charge in [0, 0.05) is 6.04 Å². The number of hydrogen-bond acceptors (Lipinski definition) is 4. The average molecular weight is 327 g/mol. The standard InChI is InChI=1S/C15H25N3O3S/c1-22-9-8-12-14(20)18(15(21)17-12)10-13(19)16-11-6-4-2-3-5-7-11/h11-12H,2-10H2,1H3,(H,16,19)(H,17,21)/t12-/m1/s1. The predicted molar refractivity (Wildman–Crippen MR) is 86.7 cm³/mol. The summed E-state index contributed by atoms with van der Waals surface area (Å²) in [7, 11) is 0. The van der Waals surface area contributed by atoms with Crippen LogP contribution in [0.25, 0.3) is 0 Å². The van der Waals surface area contributed by atoms with Gasteiger partial charge in [0.25, 0.3) is 5.91 Å². The summed E-state index contributed by atoms with van der Waals surface area (Å²) in [6.07, 6.45) is 9.23. The van der Waals surface area contributed by atoms with Gasteiger partial charge in [0.15, 0.2) is 0 Å². The molecule has 124 valence electrons. The molecule has 4 amide bonds. The third-order valence-electron chi connectivity index (χ3n) is 4.24. The Kier molecular flexibility index (Phi) is 6.54. The lowest BCUT2D eigenvalue weighted by atomic mass is 10.1. The highest BCUT2D eigenvalue weighted by Crippen LogP contribution is 2.17. The maximum absolute atomic E-state index is 12.2. The van der Waals surface area contributed by atoms with Gasteiger partial charge in [-0.2, -0.15) is 11.8 Å². The van der Waals surface area contributed by atoms with Crippen LogP contribution in [0.1, 0.15) is 44.9 Å². The summed E-state index contributed by atoms with van der Waals surface area (Å²) >= 11 is 1.63. The van der Waals surface area contributed by atoms with Gasteiger partial charge >= 0.3 is 6.03 Å². The topological polar surface area (TPSA) is 78.5 Å². The molecule has 0 spiro atoms. The number of hydrogen-bond donors (Lipinski definition) is 2. The summed E-state index contributed by atoms with van der Waals surface area (Å²) < 4.78 is 0. The molecule has 2 N–H and O–H groups in total. The highest BCUT2D eigenvalue weighted by atomic mass is 32.2. The third kappa shape index (κ3) is 4.63. The van der Waals surface area contributed by atoms with Crippen molar-refractivity contribution in [2.75, 3.05) is 18.6 Å². The van der Waals surface area contributed by atoms with E-state index in [-0.39, 0.29) is 24.4 Å². The second-order valence-electron chi connectivity index (χ2n) is 5.96. The quantitative estimate of drug-likeness (QED) is 0.572. The van der Waals surface area contributed by atoms with Gasteiger partial charge in [-0.15, -0.1) is 0 Å². The second-order valence-corrected chi connectivity index (χ2v) is 6.95. The van der Waals surface area contributed by atoms with E-state index in [1.165, 1.54) is 12.8 Å². The van der Waals surface area contributed by atoms with Crippen molar-refractivity contribution >= 4 is 29.6 Å². The number of nitrogens with zero attached hydrogens (tertiary/aromatic N) is 1. The lowest BCUT2D eigenvalue weighted by Gasteiger charge is -2.18. The Morgan fingerprint density at radius 1 is 1.27 bits per heavy atom. The molecule has 2 aliphatic rings. The number of amides is 4. The molecular formula is C15H25N3O3S. The maximum atomic E-state index is 12.2. The largest absolute Gasteiger partial charge is 0.352 e. The number of rotatable bonds is 6. The van der Waals surface area contributed by atoms with Crippen molar-refractivity contribution in [3.8, 4) is 0 Å². The van der Waals surface area contributed by atoms with Crippen molar-refractivity contribution in [3.63, 3.8) is 0 Å². The summed E-state index contributed by atoms with van der Waals surface area (Å²) in [6, 6.07) is -0.749. The van der Waals surface area contributed by atoms with Crippen LogP contribution in [0.5, 0.6) is 0 Å². The minimum atomic E-state index is -0.481. The Morgan fingerprint density at radius 2 is 1.95 bits per heavy atom. The van der Waals surface area contributed by atoms with Gasteiger partial charge in [0.1, 0.15) is 12.6 Å². The SMILES string of the molecule is CSCC[C@H]1NC(=O)N(CC(=O)NC2CCCCCC2)C1=O. The molecule has 2 rings (SSSR count). The fourth-order valence-corrected chi connectivity index (χ4v) is 3.47. The average Bonchev–Trinajstić information content (AvgIpc) is 2.70. The molecule has 6 nitrogen and oxygen atoms in total. The molecule has 0 aromatic carbocycles. The molecule has 0 aromatic rings. The number of imide groups is 1. The summed E-state index contributed by atoms with van der Waals surface area (Å²) in [4.78, 5) is 37.1. The van der Waals surface area contributed by atoms with E-state index in [9.17, 15) is 14.4 Å². The molecule has 1 aliphatic carbocycles. The fourth-order valence-electron chi connectivity index (χ4n) is 3.00. The summed E-state index contributed by atoms with van der Waals surface area (Å²) in [6.45, 7) is -0.170. The smallest absolute Gasteiger partial charge is 0.325 e.